The zero-order valence-corrected chi connectivity index (χ0v) is 13.0. The number of para-hydroxylation sites is 1. The Labute approximate surface area is 130 Å². The highest BCUT2D eigenvalue weighted by Crippen LogP contribution is 2.27. The van der Waals surface area contributed by atoms with Crippen LogP contribution in [0.1, 0.15) is 29.8 Å². The first kappa shape index (κ1) is 14.6. The van der Waals surface area contributed by atoms with Crippen LogP contribution in [0, 0.1) is 19.8 Å². The predicted octanol–water partition coefficient (Wildman–Crippen LogP) is 3.03. The van der Waals surface area contributed by atoms with Crippen LogP contribution in [0.15, 0.2) is 36.4 Å². The van der Waals surface area contributed by atoms with Crippen LogP contribution < -0.4 is 5.32 Å². The molecule has 114 valence electrons. The molecule has 1 aliphatic carbocycles. The fourth-order valence-electron chi connectivity index (χ4n) is 2.50. The summed E-state index contributed by atoms with van der Waals surface area (Å²) in [4.78, 5) is 11.8. The van der Waals surface area contributed by atoms with E-state index in [2.05, 4.69) is 10.4 Å². The molecule has 1 amide bonds. The van der Waals surface area contributed by atoms with Gasteiger partial charge in [-0.2, -0.15) is 5.10 Å². The van der Waals surface area contributed by atoms with Gasteiger partial charge < -0.3 is 5.32 Å². The lowest BCUT2D eigenvalue weighted by atomic mass is 10.2. The molecule has 22 heavy (non-hydrogen) atoms. The molecule has 3 rings (SSSR count). The number of aryl methyl sites for hydroxylation is 1. The molecular formula is C18H21N3O. The van der Waals surface area contributed by atoms with Gasteiger partial charge >= 0.3 is 0 Å². The Kier molecular flexibility index (Phi) is 4.09. The molecule has 0 radical (unpaired) electrons. The van der Waals surface area contributed by atoms with E-state index in [1.807, 2.05) is 54.9 Å². The van der Waals surface area contributed by atoms with Gasteiger partial charge in [-0.25, -0.2) is 4.68 Å². The van der Waals surface area contributed by atoms with Crippen LogP contribution >= 0.6 is 0 Å². The summed E-state index contributed by atoms with van der Waals surface area (Å²) in [6.45, 7) is 4.79. The molecule has 1 aliphatic rings. The van der Waals surface area contributed by atoms with Gasteiger partial charge in [0.25, 0.3) is 0 Å². The van der Waals surface area contributed by atoms with Gasteiger partial charge in [0.1, 0.15) is 0 Å². The molecule has 0 atom stereocenters. The topological polar surface area (TPSA) is 46.9 Å². The largest absolute Gasteiger partial charge is 0.352 e. The highest BCUT2D eigenvalue weighted by molar-refractivity contribution is 5.92. The first-order chi connectivity index (χ1) is 10.6. The number of nitrogens with one attached hydrogen (secondary N) is 1. The molecule has 2 aromatic rings. The van der Waals surface area contributed by atoms with Gasteiger partial charge in [-0.15, -0.1) is 0 Å². The minimum Gasteiger partial charge on any atom is -0.352 e. The first-order valence-electron chi connectivity index (χ1n) is 7.72. The molecule has 0 saturated heterocycles. The highest BCUT2D eigenvalue weighted by atomic mass is 16.1. The van der Waals surface area contributed by atoms with E-state index in [-0.39, 0.29) is 5.91 Å². The summed E-state index contributed by atoms with van der Waals surface area (Å²) in [7, 11) is 0. The molecule has 0 bridgehead atoms. The van der Waals surface area contributed by atoms with Crippen molar-refractivity contribution in [1.82, 2.24) is 15.1 Å². The van der Waals surface area contributed by atoms with Crippen molar-refractivity contribution in [2.45, 2.75) is 26.7 Å². The number of nitrogens with zero attached hydrogens (tertiary/aromatic N) is 2. The normalized spacial score (nSPS) is 14.5. The maximum atomic E-state index is 11.8. The van der Waals surface area contributed by atoms with Crippen molar-refractivity contribution in [3.05, 3.63) is 53.4 Å². The van der Waals surface area contributed by atoms with Gasteiger partial charge in [-0.05, 0) is 50.8 Å². The van der Waals surface area contributed by atoms with Crippen molar-refractivity contribution in [2.24, 2.45) is 5.92 Å². The van der Waals surface area contributed by atoms with Gasteiger partial charge in [-0.3, -0.25) is 4.79 Å². The summed E-state index contributed by atoms with van der Waals surface area (Å²) in [6.07, 6.45) is 5.95. The number of rotatable bonds is 5. The van der Waals surface area contributed by atoms with E-state index >= 15 is 0 Å². The van der Waals surface area contributed by atoms with E-state index in [1.165, 1.54) is 12.8 Å². The summed E-state index contributed by atoms with van der Waals surface area (Å²) in [6, 6.07) is 10.0. The third kappa shape index (κ3) is 3.27. The fourth-order valence-corrected chi connectivity index (χ4v) is 2.50. The molecule has 1 aromatic heterocycles. The van der Waals surface area contributed by atoms with Gasteiger partial charge in [0.15, 0.2) is 0 Å². The molecule has 1 heterocycles. The maximum absolute atomic E-state index is 11.8. The van der Waals surface area contributed by atoms with Crippen molar-refractivity contribution in [3.63, 3.8) is 0 Å². The molecule has 0 spiro atoms. The monoisotopic (exact) mass is 295 g/mol. The molecule has 0 unspecified atom stereocenters. The Morgan fingerprint density at radius 3 is 2.73 bits per heavy atom. The number of carbonyl (C=O) groups excluding carboxylic acids is 1. The molecule has 4 nitrogen and oxygen atoms in total. The summed E-state index contributed by atoms with van der Waals surface area (Å²) in [5, 5.41) is 7.52. The van der Waals surface area contributed by atoms with E-state index in [9.17, 15) is 4.79 Å². The third-order valence-corrected chi connectivity index (χ3v) is 4.01. The number of aromatic nitrogens is 2. The van der Waals surface area contributed by atoms with Crippen LogP contribution in [0.5, 0.6) is 0 Å². The molecule has 4 heteroatoms. The van der Waals surface area contributed by atoms with Crippen LogP contribution in [0.4, 0.5) is 0 Å². The smallest absolute Gasteiger partial charge is 0.244 e. The second kappa shape index (κ2) is 6.18. The van der Waals surface area contributed by atoms with Crippen molar-refractivity contribution in [2.75, 3.05) is 6.54 Å². The lowest BCUT2D eigenvalue weighted by Crippen LogP contribution is -2.23. The Hall–Kier alpha value is -2.36. The summed E-state index contributed by atoms with van der Waals surface area (Å²) in [5.41, 5.74) is 3.99. The quantitative estimate of drug-likeness (QED) is 0.862. The lowest BCUT2D eigenvalue weighted by Gasteiger charge is -2.03. The summed E-state index contributed by atoms with van der Waals surface area (Å²) < 4.78 is 1.91. The van der Waals surface area contributed by atoms with E-state index in [1.54, 1.807) is 6.08 Å². The summed E-state index contributed by atoms with van der Waals surface area (Å²) >= 11 is 0. The van der Waals surface area contributed by atoms with Crippen LogP contribution in [-0.2, 0) is 4.79 Å². The standard InChI is InChI=1S/C18H21N3O/c1-13-17(10-11-18(22)19-12-15-8-9-15)14(2)21(20-13)16-6-4-3-5-7-16/h3-7,10-11,15H,8-9,12H2,1-2H3,(H,19,22)/b11-10-. The molecule has 1 aromatic carbocycles. The average molecular weight is 295 g/mol. The minimum absolute atomic E-state index is 0.0295. The van der Waals surface area contributed by atoms with Crippen molar-refractivity contribution < 1.29 is 4.79 Å². The number of carbonyl (C=O) groups is 1. The molecule has 1 saturated carbocycles. The predicted molar refractivity (Wildman–Crippen MR) is 87.8 cm³/mol. The van der Waals surface area contributed by atoms with Crippen LogP contribution in [0.3, 0.4) is 0 Å². The molecule has 1 N–H and O–H groups in total. The number of benzene rings is 1. The average Bonchev–Trinajstić information content (AvgIpc) is 3.31. The minimum atomic E-state index is -0.0295. The van der Waals surface area contributed by atoms with Crippen LogP contribution in [0.25, 0.3) is 11.8 Å². The van der Waals surface area contributed by atoms with Gasteiger partial charge in [-0.1, -0.05) is 18.2 Å². The SMILES string of the molecule is Cc1nn(-c2ccccc2)c(C)c1/C=C\C(=O)NCC1CC1. The molecular weight excluding hydrogens is 274 g/mol. The first-order valence-corrected chi connectivity index (χ1v) is 7.72. The maximum Gasteiger partial charge on any atom is 0.244 e. The van der Waals surface area contributed by atoms with Crippen molar-refractivity contribution >= 4 is 12.0 Å². The van der Waals surface area contributed by atoms with Crippen LogP contribution in [-0.4, -0.2) is 22.2 Å². The molecule has 0 aliphatic heterocycles. The third-order valence-electron chi connectivity index (χ3n) is 4.01. The van der Waals surface area contributed by atoms with Gasteiger partial charge in [0, 0.05) is 23.9 Å². The second-order valence-corrected chi connectivity index (χ2v) is 5.85. The Morgan fingerprint density at radius 1 is 1.32 bits per heavy atom. The Bertz CT molecular complexity index is 697. The zero-order valence-electron chi connectivity index (χ0n) is 13.0. The van der Waals surface area contributed by atoms with Gasteiger partial charge in [0.05, 0.1) is 11.4 Å². The Morgan fingerprint density at radius 2 is 2.05 bits per heavy atom. The van der Waals surface area contributed by atoms with Gasteiger partial charge in [0.2, 0.25) is 5.91 Å². The summed E-state index contributed by atoms with van der Waals surface area (Å²) in [5.74, 6) is 0.666. The van der Waals surface area contributed by atoms with E-state index < -0.39 is 0 Å². The van der Waals surface area contributed by atoms with Crippen LogP contribution in [0.2, 0.25) is 0 Å². The second-order valence-electron chi connectivity index (χ2n) is 5.85. The Balaban J connectivity index is 1.76. The zero-order chi connectivity index (χ0) is 15.5. The van der Waals surface area contributed by atoms with E-state index in [0.717, 1.165) is 29.2 Å². The number of amides is 1. The number of hydrogen-bond donors (Lipinski definition) is 1. The van der Waals surface area contributed by atoms with E-state index in [4.69, 9.17) is 0 Å². The van der Waals surface area contributed by atoms with Crippen molar-refractivity contribution in [1.29, 1.82) is 0 Å². The highest BCUT2D eigenvalue weighted by Gasteiger charge is 2.21. The van der Waals surface area contributed by atoms with Crippen molar-refractivity contribution in [3.8, 4) is 5.69 Å². The van der Waals surface area contributed by atoms with E-state index in [0.29, 0.717) is 5.92 Å². The number of hydrogen-bond acceptors (Lipinski definition) is 2. The fraction of sp³-hybridized carbons (Fsp3) is 0.333. The lowest BCUT2D eigenvalue weighted by molar-refractivity contribution is -0.116. The molecule has 1 fully saturated rings.